The van der Waals surface area contributed by atoms with Crippen LogP contribution in [-0.2, 0) is 22.6 Å². The molecule has 3 aromatic rings. The molecule has 2 heterocycles. The van der Waals surface area contributed by atoms with Crippen molar-refractivity contribution in [2.45, 2.75) is 38.0 Å². The average molecular weight is 466 g/mol. The lowest BCUT2D eigenvalue weighted by Crippen LogP contribution is -2.42. The van der Waals surface area contributed by atoms with Crippen LogP contribution in [0.4, 0.5) is 0 Å². The molecule has 33 heavy (non-hydrogen) atoms. The summed E-state index contributed by atoms with van der Waals surface area (Å²) in [6.07, 6.45) is 2.29. The van der Waals surface area contributed by atoms with Crippen LogP contribution in [0.2, 0.25) is 0 Å². The number of carbonyl (C=O) groups excluding carboxylic acids is 2. The third-order valence-corrected chi connectivity index (χ3v) is 6.40. The highest BCUT2D eigenvalue weighted by Gasteiger charge is 2.20. The fourth-order valence-electron chi connectivity index (χ4n) is 3.72. The highest BCUT2D eigenvalue weighted by atomic mass is 32.2. The van der Waals surface area contributed by atoms with Crippen molar-refractivity contribution >= 4 is 23.5 Å². The largest absolute Gasteiger partial charge is 0.486 e. The van der Waals surface area contributed by atoms with Crippen molar-refractivity contribution in [1.82, 2.24) is 14.9 Å². The van der Waals surface area contributed by atoms with Crippen molar-refractivity contribution in [2.75, 3.05) is 19.0 Å². The zero-order chi connectivity index (χ0) is 23.2. The van der Waals surface area contributed by atoms with Gasteiger partial charge in [0.2, 0.25) is 5.91 Å². The minimum atomic E-state index is -0.542. The van der Waals surface area contributed by atoms with E-state index in [4.69, 9.17) is 9.47 Å². The van der Waals surface area contributed by atoms with Gasteiger partial charge in [-0.05, 0) is 44.0 Å². The summed E-state index contributed by atoms with van der Waals surface area (Å²) in [7, 11) is 0. The maximum Gasteiger partial charge on any atom is 0.231 e. The number of fused-ring (bicyclic) bond motifs is 1. The van der Waals surface area contributed by atoms with Gasteiger partial charge in [0.1, 0.15) is 13.2 Å². The van der Waals surface area contributed by atoms with E-state index in [1.165, 1.54) is 18.7 Å². The molecule has 0 saturated heterocycles. The zero-order valence-corrected chi connectivity index (χ0v) is 19.6. The molecule has 0 radical (unpaired) electrons. The Kier molecular flexibility index (Phi) is 7.34. The van der Waals surface area contributed by atoms with Crippen molar-refractivity contribution in [3.05, 3.63) is 60.3 Å². The third kappa shape index (κ3) is 5.57. The van der Waals surface area contributed by atoms with Gasteiger partial charge in [-0.1, -0.05) is 42.1 Å². The number of nitrogens with one attached hydrogen (secondary N) is 1. The molecule has 4 rings (SSSR count). The van der Waals surface area contributed by atoms with Gasteiger partial charge >= 0.3 is 0 Å². The maximum absolute atomic E-state index is 12.6. The summed E-state index contributed by atoms with van der Waals surface area (Å²) in [6, 6.07) is 15.0. The number of hydrogen-bond donors (Lipinski definition) is 1. The minimum Gasteiger partial charge on any atom is -0.486 e. The van der Waals surface area contributed by atoms with E-state index >= 15 is 0 Å². The van der Waals surface area contributed by atoms with E-state index in [0.717, 1.165) is 33.5 Å². The van der Waals surface area contributed by atoms with Crippen LogP contribution in [0.15, 0.2) is 59.9 Å². The lowest BCUT2D eigenvalue weighted by molar-refractivity contribution is -0.125. The topological polar surface area (TPSA) is 82.4 Å². The number of aromatic nitrogens is 2. The zero-order valence-electron chi connectivity index (χ0n) is 18.7. The van der Waals surface area contributed by atoms with Crippen molar-refractivity contribution in [3.8, 4) is 22.8 Å². The number of nitrogens with zero attached hydrogens (tertiary/aromatic N) is 2. The van der Waals surface area contributed by atoms with Gasteiger partial charge in [0, 0.05) is 12.1 Å². The lowest BCUT2D eigenvalue weighted by atomic mass is 10.0. The predicted octanol–water partition coefficient (Wildman–Crippen LogP) is 3.75. The molecular formula is C25H27N3O4S. The summed E-state index contributed by atoms with van der Waals surface area (Å²) in [4.78, 5) is 29.2. The molecule has 1 N–H and O–H groups in total. The molecule has 8 heteroatoms. The van der Waals surface area contributed by atoms with Gasteiger partial charge in [-0.25, -0.2) is 4.98 Å². The molecule has 0 saturated carbocycles. The van der Waals surface area contributed by atoms with E-state index in [9.17, 15) is 9.59 Å². The number of amides is 1. The van der Waals surface area contributed by atoms with Crippen LogP contribution in [0.5, 0.6) is 11.5 Å². The van der Waals surface area contributed by atoms with E-state index in [1.807, 2.05) is 61.7 Å². The van der Waals surface area contributed by atoms with Crippen LogP contribution >= 0.6 is 11.8 Å². The Hall–Kier alpha value is -3.26. The number of Topliss-reactive ketones (excluding diaryl/α,β-unsaturated/α-hetero) is 1. The first-order valence-corrected chi connectivity index (χ1v) is 12.0. The first-order valence-electron chi connectivity index (χ1n) is 11.0. The molecule has 1 amide bonds. The number of thioether (sulfide) groups is 1. The molecule has 0 spiro atoms. The number of imidazole rings is 1. The predicted molar refractivity (Wildman–Crippen MR) is 128 cm³/mol. The molecule has 1 atom stereocenters. The Morgan fingerprint density at radius 2 is 1.88 bits per heavy atom. The van der Waals surface area contributed by atoms with E-state index in [1.54, 1.807) is 0 Å². The van der Waals surface area contributed by atoms with Gasteiger partial charge in [-0.2, -0.15) is 0 Å². The normalized spacial score (nSPS) is 13.4. The van der Waals surface area contributed by atoms with Gasteiger partial charge in [0.05, 0.1) is 23.7 Å². The second kappa shape index (κ2) is 10.6. The smallest absolute Gasteiger partial charge is 0.231 e. The quantitative estimate of drug-likeness (QED) is 0.485. The molecule has 1 aliphatic rings. The summed E-state index contributed by atoms with van der Waals surface area (Å²) in [5.74, 6) is 1.39. The Balaban J connectivity index is 1.41. The van der Waals surface area contributed by atoms with E-state index < -0.39 is 6.04 Å². The first-order chi connectivity index (χ1) is 16.0. The molecule has 0 fully saturated rings. The number of carbonyl (C=O) groups is 2. The number of rotatable bonds is 9. The van der Waals surface area contributed by atoms with Gasteiger partial charge in [-0.3, -0.25) is 9.59 Å². The lowest BCUT2D eigenvalue weighted by Gasteiger charge is -2.19. The maximum atomic E-state index is 12.6. The Morgan fingerprint density at radius 3 is 2.61 bits per heavy atom. The van der Waals surface area contributed by atoms with Crippen LogP contribution < -0.4 is 14.8 Å². The van der Waals surface area contributed by atoms with Gasteiger partial charge in [0.15, 0.2) is 22.4 Å². The first kappa shape index (κ1) is 22.9. The average Bonchev–Trinajstić information content (AvgIpc) is 3.25. The molecule has 0 aliphatic carbocycles. The highest BCUT2D eigenvalue weighted by Crippen LogP contribution is 2.35. The summed E-state index contributed by atoms with van der Waals surface area (Å²) < 4.78 is 13.4. The molecule has 1 unspecified atom stereocenters. The second-order valence-electron chi connectivity index (χ2n) is 7.74. The molecule has 1 aromatic heterocycles. The van der Waals surface area contributed by atoms with Gasteiger partial charge in [-0.15, -0.1) is 0 Å². The molecule has 172 valence electrons. The molecule has 7 nitrogen and oxygen atoms in total. The number of benzene rings is 2. The van der Waals surface area contributed by atoms with Crippen LogP contribution in [0.25, 0.3) is 11.3 Å². The van der Waals surface area contributed by atoms with E-state index in [-0.39, 0.29) is 17.4 Å². The highest BCUT2D eigenvalue weighted by molar-refractivity contribution is 7.99. The Morgan fingerprint density at radius 1 is 1.12 bits per heavy atom. The molecule has 1 aliphatic heterocycles. The molecular weight excluding hydrogens is 438 g/mol. The van der Waals surface area contributed by atoms with E-state index in [0.29, 0.717) is 26.2 Å². The van der Waals surface area contributed by atoms with E-state index in [2.05, 4.69) is 14.9 Å². The summed E-state index contributed by atoms with van der Waals surface area (Å²) in [5, 5.41) is 3.62. The summed E-state index contributed by atoms with van der Waals surface area (Å²) in [6.45, 7) is 5.34. The number of hydrogen-bond acceptors (Lipinski definition) is 6. The van der Waals surface area contributed by atoms with Crippen LogP contribution in [0.1, 0.15) is 19.4 Å². The van der Waals surface area contributed by atoms with Crippen LogP contribution in [0.3, 0.4) is 0 Å². The van der Waals surface area contributed by atoms with Crippen molar-refractivity contribution in [3.63, 3.8) is 0 Å². The van der Waals surface area contributed by atoms with Gasteiger partial charge < -0.3 is 19.4 Å². The molecule has 0 bridgehead atoms. The number of ketones is 1. The Labute approximate surface area is 197 Å². The number of ether oxygens (including phenoxy) is 2. The van der Waals surface area contributed by atoms with Crippen molar-refractivity contribution in [1.29, 1.82) is 0 Å². The van der Waals surface area contributed by atoms with Gasteiger partial charge in [0.25, 0.3) is 0 Å². The van der Waals surface area contributed by atoms with Crippen LogP contribution in [-0.4, -0.2) is 46.2 Å². The monoisotopic (exact) mass is 465 g/mol. The minimum absolute atomic E-state index is 0.0619. The summed E-state index contributed by atoms with van der Waals surface area (Å²) >= 11 is 1.36. The Bertz CT molecular complexity index is 1130. The summed E-state index contributed by atoms with van der Waals surface area (Å²) in [5.41, 5.74) is 2.93. The second-order valence-corrected chi connectivity index (χ2v) is 8.68. The fourth-order valence-corrected chi connectivity index (χ4v) is 4.58. The SMILES string of the molecule is CCn1c(-c2ccc3c(c2)OCCO3)cnc1SCC(=O)NC(Cc1ccccc1)C(C)=O. The van der Waals surface area contributed by atoms with Crippen molar-refractivity contribution in [2.24, 2.45) is 0 Å². The third-order valence-electron chi connectivity index (χ3n) is 5.41. The standard InChI is InChI=1S/C25H27N3O4S/c1-3-28-21(19-9-10-22-23(14-19)32-12-11-31-22)15-26-25(28)33-16-24(30)27-20(17(2)29)13-18-7-5-4-6-8-18/h4-10,14-15,20H,3,11-13,16H2,1-2H3,(H,27,30). The van der Waals surface area contributed by atoms with Crippen molar-refractivity contribution < 1.29 is 19.1 Å². The molecule has 2 aromatic carbocycles. The fraction of sp³-hybridized carbons (Fsp3) is 0.320. The van der Waals surface area contributed by atoms with Crippen LogP contribution in [0, 0.1) is 0 Å².